The molecule has 27 heavy (non-hydrogen) atoms. The van der Waals surface area contributed by atoms with Crippen LogP contribution in [0.3, 0.4) is 0 Å². The van der Waals surface area contributed by atoms with Crippen molar-refractivity contribution in [3.05, 3.63) is 24.3 Å². The third-order valence-electron chi connectivity index (χ3n) is 5.19. The Morgan fingerprint density at radius 2 is 2.07 bits per heavy atom. The number of thioether (sulfide) groups is 1. The number of rotatable bonds is 6. The van der Waals surface area contributed by atoms with E-state index in [1.54, 1.807) is 42.6 Å². The fourth-order valence-corrected chi connectivity index (χ4v) is 6.62. The average molecular weight is 412 g/mol. The number of amides is 2. The lowest BCUT2D eigenvalue weighted by Crippen LogP contribution is -2.48. The summed E-state index contributed by atoms with van der Waals surface area (Å²) in [5, 5.41) is 2.79. The molecule has 7 nitrogen and oxygen atoms in total. The number of nitrogens with one attached hydrogen (secondary N) is 1. The molecule has 0 radical (unpaired) electrons. The molecular weight excluding hydrogens is 386 g/mol. The minimum Gasteiger partial charge on any atom is -0.324 e. The first-order valence-corrected chi connectivity index (χ1v) is 11.5. The zero-order valence-corrected chi connectivity index (χ0v) is 17.4. The maximum absolute atomic E-state index is 12.8. The number of hydrogen-bond donors (Lipinski definition) is 1. The summed E-state index contributed by atoms with van der Waals surface area (Å²) in [4.78, 5) is 26.5. The van der Waals surface area contributed by atoms with Gasteiger partial charge in [0.1, 0.15) is 6.04 Å². The van der Waals surface area contributed by atoms with Crippen LogP contribution in [0.5, 0.6) is 0 Å². The number of carbonyl (C=O) groups is 2. The van der Waals surface area contributed by atoms with Gasteiger partial charge < -0.3 is 10.2 Å². The third kappa shape index (κ3) is 3.60. The van der Waals surface area contributed by atoms with Crippen LogP contribution in [0.25, 0.3) is 0 Å². The van der Waals surface area contributed by atoms with E-state index < -0.39 is 16.1 Å². The lowest BCUT2D eigenvalue weighted by Gasteiger charge is -2.29. The third-order valence-corrected chi connectivity index (χ3v) is 8.74. The summed E-state index contributed by atoms with van der Waals surface area (Å²) >= 11 is 1.63. The Balaban J connectivity index is 1.79. The number of benzene rings is 1. The lowest BCUT2D eigenvalue weighted by molar-refractivity contribution is -0.135. The first kappa shape index (κ1) is 20.2. The molecule has 0 saturated carbocycles. The van der Waals surface area contributed by atoms with Crippen molar-refractivity contribution in [3.8, 4) is 0 Å². The molecule has 1 aromatic rings. The smallest absolute Gasteiger partial charge is 0.248 e. The first-order chi connectivity index (χ1) is 12.7. The van der Waals surface area contributed by atoms with Gasteiger partial charge >= 0.3 is 0 Å². The Morgan fingerprint density at radius 3 is 2.74 bits per heavy atom. The van der Waals surface area contributed by atoms with Crippen molar-refractivity contribution >= 4 is 39.3 Å². The second-order valence-corrected chi connectivity index (χ2v) is 10.3. The number of anilines is 1. The zero-order valence-electron chi connectivity index (χ0n) is 15.8. The van der Waals surface area contributed by atoms with Crippen molar-refractivity contribution in [1.82, 2.24) is 9.21 Å². The van der Waals surface area contributed by atoms with Gasteiger partial charge in [-0.1, -0.05) is 19.9 Å². The van der Waals surface area contributed by atoms with Gasteiger partial charge in [-0.15, -0.1) is 11.8 Å². The van der Waals surface area contributed by atoms with Gasteiger partial charge in [-0.3, -0.25) is 9.59 Å². The highest BCUT2D eigenvalue weighted by Gasteiger charge is 2.52. The Bertz CT molecular complexity index is 854. The predicted octanol–water partition coefficient (Wildman–Crippen LogP) is 2.11. The van der Waals surface area contributed by atoms with E-state index in [-0.39, 0.29) is 21.6 Å². The summed E-state index contributed by atoms with van der Waals surface area (Å²) in [6.45, 7) is 6.32. The number of sulfonamides is 1. The van der Waals surface area contributed by atoms with E-state index in [0.29, 0.717) is 31.0 Å². The van der Waals surface area contributed by atoms with E-state index in [1.807, 2.05) is 6.92 Å². The highest BCUT2D eigenvalue weighted by atomic mass is 32.2. The summed E-state index contributed by atoms with van der Waals surface area (Å²) in [5.74, 6) is 0.269. The molecule has 2 saturated heterocycles. The van der Waals surface area contributed by atoms with Crippen LogP contribution in [0.15, 0.2) is 29.2 Å². The van der Waals surface area contributed by atoms with E-state index in [9.17, 15) is 18.0 Å². The molecule has 0 aromatic heterocycles. The van der Waals surface area contributed by atoms with Crippen molar-refractivity contribution in [3.63, 3.8) is 0 Å². The molecule has 1 aromatic carbocycles. The van der Waals surface area contributed by atoms with Crippen molar-refractivity contribution in [2.75, 3.05) is 24.2 Å². The molecule has 2 aliphatic heterocycles. The fraction of sp³-hybridized carbons (Fsp3) is 0.556. The van der Waals surface area contributed by atoms with Gasteiger partial charge in [0.15, 0.2) is 0 Å². The molecular formula is C18H25N3O4S2. The van der Waals surface area contributed by atoms with Crippen LogP contribution in [0.1, 0.15) is 33.6 Å². The summed E-state index contributed by atoms with van der Waals surface area (Å²) in [5.41, 5.74) is 0.415. The van der Waals surface area contributed by atoms with E-state index in [4.69, 9.17) is 0 Å². The van der Waals surface area contributed by atoms with Crippen LogP contribution < -0.4 is 5.32 Å². The fourth-order valence-electron chi connectivity index (χ4n) is 3.69. The molecule has 9 heteroatoms. The molecule has 2 aliphatic rings. The lowest BCUT2D eigenvalue weighted by atomic mass is 10.2. The van der Waals surface area contributed by atoms with Gasteiger partial charge in [0.05, 0.1) is 9.77 Å². The molecule has 2 amide bonds. The molecule has 2 heterocycles. The van der Waals surface area contributed by atoms with Gasteiger partial charge in [0.2, 0.25) is 21.8 Å². The molecule has 1 N–H and O–H groups in total. The van der Waals surface area contributed by atoms with E-state index >= 15 is 0 Å². The Hall–Kier alpha value is -1.58. The maximum Gasteiger partial charge on any atom is 0.248 e. The van der Waals surface area contributed by atoms with Crippen LogP contribution in [-0.2, 0) is 19.6 Å². The quantitative estimate of drug-likeness (QED) is 0.775. The monoisotopic (exact) mass is 411 g/mol. The largest absolute Gasteiger partial charge is 0.324 e. The molecule has 148 valence electrons. The molecule has 2 atom stereocenters. The standard InChI is InChI=1S/C18H25N3O4S2/c1-4-20(5-2)27(24,25)14-8-6-7-13(11-14)19-17(23)15-12-26-18(3)10-9-16(22)21(15)18/h6-8,11,15H,4-5,9-10,12H2,1-3H3,(H,19,23)/t15-,18+/m0/s1. The highest BCUT2D eigenvalue weighted by molar-refractivity contribution is 8.01. The van der Waals surface area contributed by atoms with Crippen molar-refractivity contribution in [2.45, 2.75) is 49.4 Å². The van der Waals surface area contributed by atoms with Gasteiger partial charge in [0.25, 0.3) is 0 Å². The van der Waals surface area contributed by atoms with Gasteiger partial charge in [0, 0.05) is 31.0 Å². The van der Waals surface area contributed by atoms with Crippen LogP contribution in [0, 0.1) is 0 Å². The molecule has 0 unspecified atom stereocenters. The van der Waals surface area contributed by atoms with Gasteiger partial charge in [-0.05, 0) is 31.5 Å². The van der Waals surface area contributed by atoms with Crippen LogP contribution in [0.4, 0.5) is 5.69 Å². The zero-order chi connectivity index (χ0) is 19.8. The molecule has 2 fully saturated rings. The number of carbonyl (C=O) groups excluding carboxylic acids is 2. The van der Waals surface area contributed by atoms with Crippen LogP contribution in [-0.4, -0.2) is 59.2 Å². The normalized spacial score (nSPS) is 25.1. The van der Waals surface area contributed by atoms with Crippen molar-refractivity contribution in [1.29, 1.82) is 0 Å². The minimum absolute atomic E-state index is 0.000474. The SMILES string of the molecule is CCN(CC)S(=O)(=O)c1cccc(NC(=O)[C@@H]2CS[C@]3(C)CCC(=O)N23)c1. The van der Waals surface area contributed by atoms with E-state index in [1.165, 1.54) is 16.4 Å². The highest BCUT2D eigenvalue weighted by Crippen LogP contribution is 2.47. The summed E-state index contributed by atoms with van der Waals surface area (Å²) in [6, 6.07) is 5.74. The van der Waals surface area contributed by atoms with Gasteiger partial charge in [-0.25, -0.2) is 8.42 Å². The molecule has 0 aliphatic carbocycles. The molecule has 3 rings (SSSR count). The Morgan fingerprint density at radius 1 is 1.37 bits per heavy atom. The Labute approximate surface area is 164 Å². The van der Waals surface area contributed by atoms with Crippen molar-refractivity contribution < 1.29 is 18.0 Å². The van der Waals surface area contributed by atoms with E-state index in [2.05, 4.69) is 5.32 Å². The maximum atomic E-state index is 12.8. The predicted molar refractivity (Wildman–Crippen MR) is 106 cm³/mol. The van der Waals surface area contributed by atoms with Gasteiger partial charge in [-0.2, -0.15) is 4.31 Å². The minimum atomic E-state index is -3.60. The summed E-state index contributed by atoms with van der Waals surface area (Å²) in [6.07, 6.45) is 1.21. The van der Waals surface area contributed by atoms with Crippen LogP contribution >= 0.6 is 11.8 Å². The first-order valence-electron chi connectivity index (χ1n) is 9.10. The average Bonchev–Trinajstić information content (AvgIpc) is 3.12. The summed E-state index contributed by atoms with van der Waals surface area (Å²) in [7, 11) is -3.60. The second kappa shape index (κ2) is 7.44. The number of fused-ring (bicyclic) bond motifs is 1. The number of nitrogens with zero attached hydrogens (tertiary/aromatic N) is 2. The Kier molecular flexibility index (Phi) is 5.56. The van der Waals surface area contributed by atoms with Crippen LogP contribution in [0.2, 0.25) is 0 Å². The molecule has 0 bridgehead atoms. The summed E-state index contributed by atoms with van der Waals surface area (Å²) < 4.78 is 26.7. The topological polar surface area (TPSA) is 86.8 Å². The molecule has 0 spiro atoms. The van der Waals surface area contributed by atoms with Crippen molar-refractivity contribution in [2.24, 2.45) is 0 Å². The number of hydrogen-bond acceptors (Lipinski definition) is 5. The second-order valence-electron chi connectivity index (χ2n) is 6.87. The van der Waals surface area contributed by atoms with E-state index in [0.717, 1.165) is 6.42 Å².